The normalized spacial score (nSPS) is 27.2. The molecule has 1 amide bonds. The predicted molar refractivity (Wildman–Crippen MR) is 51.4 cm³/mol. The van der Waals surface area contributed by atoms with Crippen LogP contribution in [0.5, 0.6) is 0 Å². The van der Waals surface area contributed by atoms with Gasteiger partial charge in [0.2, 0.25) is 5.91 Å². The fourth-order valence-electron chi connectivity index (χ4n) is 1.44. The maximum absolute atomic E-state index is 11.3. The van der Waals surface area contributed by atoms with Crippen LogP contribution in [-0.2, 0) is 9.53 Å². The molecule has 1 aliphatic rings. The van der Waals surface area contributed by atoms with E-state index in [1.807, 2.05) is 13.0 Å². The van der Waals surface area contributed by atoms with Crippen molar-refractivity contribution in [3.8, 4) is 6.07 Å². The second-order valence-electron chi connectivity index (χ2n) is 3.61. The van der Waals surface area contributed by atoms with Gasteiger partial charge in [0.05, 0.1) is 12.2 Å². The summed E-state index contributed by atoms with van der Waals surface area (Å²) < 4.78 is 5.36. The van der Waals surface area contributed by atoms with E-state index in [1.165, 1.54) is 0 Å². The van der Waals surface area contributed by atoms with Gasteiger partial charge in [-0.3, -0.25) is 4.79 Å². The molecule has 0 saturated heterocycles. The zero-order valence-electron chi connectivity index (χ0n) is 8.62. The molecule has 0 aromatic rings. The molecular formula is C10H16N2O2. The fourth-order valence-corrected chi connectivity index (χ4v) is 1.44. The number of nitrogens with zero attached hydrogens (tertiary/aromatic N) is 1. The van der Waals surface area contributed by atoms with Gasteiger partial charge in [0, 0.05) is 12.6 Å². The van der Waals surface area contributed by atoms with Gasteiger partial charge in [-0.1, -0.05) is 0 Å². The highest BCUT2D eigenvalue weighted by atomic mass is 16.5. The standard InChI is InChI=1S/C10H16N2O2/c1-3-14-9-4-8(5-9)12-10(13)7(2)6-11/h7-9H,3-5H2,1-2H3,(H,12,13). The minimum Gasteiger partial charge on any atom is -0.378 e. The summed E-state index contributed by atoms with van der Waals surface area (Å²) in [4.78, 5) is 11.3. The third kappa shape index (κ3) is 2.71. The molecule has 1 atom stereocenters. The lowest BCUT2D eigenvalue weighted by molar-refractivity contribution is -0.125. The van der Waals surface area contributed by atoms with Crippen LogP contribution in [0.25, 0.3) is 0 Å². The Morgan fingerprint density at radius 3 is 2.86 bits per heavy atom. The summed E-state index contributed by atoms with van der Waals surface area (Å²) in [5.74, 6) is -0.728. The fraction of sp³-hybridized carbons (Fsp3) is 0.800. The highest BCUT2D eigenvalue weighted by Crippen LogP contribution is 2.23. The summed E-state index contributed by atoms with van der Waals surface area (Å²) in [5, 5.41) is 11.3. The van der Waals surface area contributed by atoms with Gasteiger partial charge in [0.1, 0.15) is 5.92 Å². The summed E-state index contributed by atoms with van der Waals surface area (Å²) in [6, 6.07) is 2.11. The van der Waals surface area contributed by atoms with E-state index in [1.54, 1.807) is 6.92 Å². The Bertz CT molecular complexity index is 241. The van der Waals surface area contributed by atoms with Crippen molar-refractivity contribution >= 4 is 5.91 Å². The van der Waals surface area contributed by atoms with Crippen molar-refractivity contribution < 1.29 is 9.53 Å². The lowest BCUT2D eigenvalue weighted by Crippen LogP contribution is -2.49. The van der Waals surface area contributed by atoms with Crippen molar-refractivity contribution in [1.29, 1.82) is 5.26 Å². The van der Waals surface area contributed by atoms with Crippen LogP contribution in [0.3, 0.4) is 0 Å². The van der Waals surface area contributed by atoms with Crippen LogP contribution < -0.4 is 5.32 Å². The summed E-state index contributed by atoms with van der Waals surface area (Å²) in [7, 11) is 0. The van der Waals surface area contributed by atoms with E-state index in [2.05, 4.69) is 5.32 Å². The first-order valence-corrected chi connectivity index (χ1v) is 4.99. The van der Waals surface area contributed by atoms with Gasteiger partial charge >= 0.3 is 0 Å². The molecule has 0 spiro atoms. The molecule has 1 rings (SSSR count). The lowest BCUT2D eigenvalue weighted by atomic mass is 9.89. The number of amides is 1. The average Bonchev–Trinajstić information content (AvgIpc) is 2.13. The molecular weight excluding hydrogens is 180 g/mol. The number of ether oxygens (including phenoxy) is 1. The van der Waals surface area contributed by atoms with Crippen LogP contribution in [-0.4, -0.2) is 24.7 Å². The van der Waals surface area contributed by atoms with Crippen molar-refractivity contribution in [3.05, 3.63) is 0 Å². The highest BCUT2D eigenvalue weighted by Gasteiger charge is 2.31. The molecule has 0 aromatic carbocycles. The van der Waals surface area contributed by atoms with E-state index in [4.69, 9.17) is 10.00 Å². The zero-order valence-corrected chi connectivity index (χ0v) is 8.62. The quantitative estimate of drug-likeness (QED) is 0.724. The van der Waals surface area contributed by atoms with Crippen LogP contribution in [0, 0.1) is 17.2 Å². The number of carbonyl (C=O) groups excluding carboxylic acids is 1. The molecule has 0 bridgehead atoms. The Hall–Kier alpha value is -1.08. The number of hydrogen-bond donors (Lipinski definition) is 1. The topological polar surface area (TPSA) is 62.1 Å². The smallest absolute Gasteiger partial charge is 0.237 e. The third-order valence-corrected chi connectivity index (χ3v) is 2.43. The SMILES string of the molecule is CCOC1CC(NC(=O)C(C)C#N)C1. The van der Waals surface area contributed by atoms with Gasteiger partial charge in [-0.15, -0.1) is 0 Å². The average molecular weight is 196 g/mol. The van der Waals surface area contributed by atoms with E-state index in [9.17, 15) is 4.79 Å². The minimum absolute atomic E-state index is 0.174. The Morgan fingerprint density at radius 1 is 1.71 bits per heavy atom. The summed E-state index contributed by atoms with van der Waals surface area (Å²) in [6.07, 6.45) is 2.04. The third-order valence-electron chi connectivity index (χ3n) is 2.43. The Labute approximate surface area is 84.2 Å². The van der Waals surface area contributed by atoms with Crippen LogP contribution in [0.2, 0.25) is 0 Å². The van der Waals surface area contributed by atoms with E-state index in [0.29, 0.717) is 6.10 Å². The summed E-state index contributed by atoms with van der Waals surface area (Å²) in [5.41, 5.74) is 0. The van der Waals surface area contributed by atoms with E-state index in [0.717, 1.165) is 19.4 Å². The second-order valence-corrected chi connectivity index (χ2v) is 3.61. The molecule has 1 fully saturated rings. The van der Waals surface area contributed by atoms with Gasteiger partial charge in [-0.2, -0.15) is 5.26 Å². The molecule has 1 N–H and O–H groups in total. The number of nitriles is 1. The first-order valence-electron chi connectivity index (χ1n) is 4.99. The Balaban J connectivity index is 2.17. The van der Waals surface area contributed by atoms with E-state index >= 15 is 0 Å². The second kappa shape index (κ2) is 4.97. The monoisotopic (exact) mass is 196 g/mol. The Kier molecular flexibility index (Phi) is 3.90. The molecule has 1 unspecified atom stereocenters. The van der Waals surface area contributed by atoms with Crippen molar-refractivity contribution in [1.82, 2.24) is 5.32 Å². The molecule has 1 saturated carbocycles. The van der Waals surface area contributed by atoms with E-state index in [-0.39, 0.29) is 11.9 Å². The molecule has 0 radical (unpaired) electrons. The number of carbonyl (C=O) groups is 1. The summed E-state index contributed by atoms with van der Waals surface area (Å²) >= 11 is 0. The van der Waals surface area contributed by atoms with Gasteiger partial charge in [-0.05, 0) is 26.7 Å². The van der Waals surface area contributed by atoms with Crippen LogP contribution >= 0.6 is 0 Å². The molecule has 0 aliphatic heterocycles. The largest absolute Gasteiger partial charge is 0.378 e. The van der Waals surface area contributed by atoms with Gasteiger partial charge in [0.25, 0.3) is 0 Å². The van der Waals surface area contributed by atoms with Crippen LogP contribution in [0.1, 0.15) is 26.7 Å². The maximum Gasteiger partial charge on any atom is 0.237 e. The molecule has 14 heavy (non-hydrogen) atoms. The highest BCUT2D eigenvalue weighted by molar-refractivity contribution is 5.80. The first kappa shape index (κ1) is 11.0. The maximum atomic E-state index is 11.3. The molecule has 0 aromatic heterocycles. The number of nitrogens with one attached hydrogen (secondary N) is 1. The predicted octanol–water partition coefficient (Wildman–Crippen LogP) is 0.830. The molecule has 4 nitrogen and oxygen atoms in total. The molecule has 78 valence electrons. The van der Waals surface area contributed by atoms with Crippen molar-refractivity contribution in [2.45, 2.75) is 38.8 Å². The summed E-state index contributed by atoms with van der Waals surface area (Å²) in [6.45, 7) is 4.29. The van der Waals surface area contributed by atoms with Crippen LogP contribution in [0.15, 0.2) is 0 Å². The van der Waals surface area contributed by atoms with Crippen molar-refractivity contribution in [2.24, 2.45) is 5.92 Å². The van der Waals surface area contributed by atoms with Crippen molar-refractivity contribution in [3.63, 3.8) is 0 Å². The van der Waals surface area contributed by atoms with Crippen molar-refractivity contribution in [2.75, 3.05) is 6.61 Å². The minimum atomic E-state index is -0.554. The molecule has 1 aliphatic carbocycles. The molecule has 0 heterocycles. The van der Waals surface area contributed by atoms with Gasteiger partial charge < -0.3 is 10.1 Å². The number of rotatable bonds is 4. The van der Waals surface area contributed by atoms with Gasteiger partial charge in [-0.25, -0.2) is 0 Å². The first-order chi connectivity index (χ1) is 6.67. The zero-order chi connectivity index (χ0) is 10.6. The van der Waals surface area contributed by atoms with E-state index < -0.39 is 5.92 Å². The molecule has 4 heteroatoms. The van der Waals surface area contributed by atoms with Gasteiger partial charge in [0.15, 0.2) is 0 Å². The number of hydrogen-bond acceptors (Lipinski definition) is 3. The lowest BCUT2D eigenvalue weighted by Gasteiger charge is -2.35. The van der Waals surface area contributed by atoms with Crippen LogP contribution in [0.4, 0.5) is 0 Å². The Morgan fingerprint density at radius 2 is 2.36 bits per heavy atom.